The number of aromatic nitrogens is 2. The average molecular weight is 380 g/mol. The summed E-state index contributed by atoms with van der Waals surface area (Å²) in [4.78, 5) is 22.7. The van der Waals surface area contributed by atoms with Gasteiger partial charge in [0.1, 0.15) is 11.6 Å². The molecule has 2 atom stereocenters. The Morgan fingerprint density at radius 3 is 2.71 bits per heavy atom. The van der Waals surface area contributed by atoms with Gasteiger partial charge in [-0.2, -0.15) is 0 Å². The van der Waals surface area contributed by atoms with Gasteiger partial charge >= 0.3 is 0 Å². The smallest absolute Gasteiger partial charge is 0.254 e. The van der Waals surface area contributed by atoms with E-state index in [0.717, 1.165) is 48.6 Å². The first-order valence-electron chi connectivity index (χ1n) is 10.7. The fourth-order valence-corrected chi connectivity index (χ4v) is 5.48. The molecule has 28 heavy (non-hydrogen) atoms. The third-order valence-electron chi connectivity index (χ3n) is 6.79. The first kappa shape index (κ1) is 17.9. The molecule has 0 spiro atoms. The van der Waals surface area contributed by atoms with Crippen LogP contribution < -0.4 is 10.3 Å². The van der Waals surface area contributed by atoms with Gasteiger partial charge in [0, 0.05) is 36.2 Å². The molecule has 2 aromatic rings. The lowest BCUT2D eigenvalue weighted by atomic mass is 9.98. The van der Waals surface area contributed by atoms with E-state index in [-0.39, 0.29) is 5.56 Å². The molecule has 2 bridgehead atoms. The molecule has 5 heteroatoms. The Morgan fingerprint density at radius 1 is 1.18 bits per heavy atom. The topological polar surface area (TPSA) is 58.2 Å². The number of nitrogens with zero attached hydrogens (tertiary/aromatic N) is 2. The number of fused-ring (bicyclic) bond motifs is 4. The summed E-state index contributed by atoms with van der Waals surface area (Å²) >= 11 is 0. The minimum absolute atomic E-state index is 0.0579. The summed E-state index contributed by atoms with van der Waals surface area (Å²) < 4.78 is 6.03. The lowest BCUT2D eigenvalue weighted by Crippen LogP contribution is -2.36. The molecular weight excluding hydrogens is 350 g/mol. The van der Waals surface area contributed by atoms with Crippen molar-refractivity contribution < 1.29 is 4.74 Å². The van der Waals surface area contributed by atoms with Crippen molar-refractivity contribution in [2.75, 3.05) is 6.61 Å². The van der Waals surface area contributed by atoms with Crippen molar-refractivity contribution in [3.8, 4) is 5.75 Å². The Balaban J connectivity index is 1.47. The molecule has 0 amide bonds. The highest BCUT2D eigenvalue weighted by molar-refractivity contribution is 5.45. The van der Waals surface area contributed by atoms with E-state index in [2.05, 4.69) is 33.9 Å². The van der Waals surface area contributed by atoms with Gasteiger partial charge in [0.15, 0.2) is 0 Å². The fourth-order valence-electron chi connectivity index (χ4n) is 5.48. The first-order chi connectivity index (χ1) is 13.6. The van der Waals surface area contributed by atoms with Crippen LogP contribution in [0.3, 0.4) is 0 Å². The van der Waals surface area contributed by atoms with Crippen LogP contribution in [0.1, 0.15) is 60.0 Å². The lowest BCUT2D eigenvalue weighted by Gasteiger charge is -2.29. The molecular formula is C23H29N3O2. The Hall–Kier alpha value is -2.14. The van der Waals surface area contributed by atoms with Gasteiger partial charge in [0.25, 0.3) is 5.56 Å². The maximum absolute atomic E-state index is 12.5. The van der Waals surface area contributed by atoms with Crippen molar-refractivity contribution >= 4 is 0 Å². The third-order valence-corrected chi connectivity index (χ3v) is 6.79. The second kappa shape index (κ2) is 7.03. The normalized spacial score (nSPS) is 23.4. The number of aryl methyl sites for hydroxylation is 3. The van der Waals surface area contributed by atoms with Crippen molar-refractivity contribution in [3.05, 3.63) is 56.3 Å². The molecule has 2 unspecified atom stereocenters. The van der Waals surface area contributed by atoms with E-state index >= 15 is 0 Å². The van der Waals surface area contributed by atoms with E-state index in [1.165, 1.54) is 42.4 Å². The minimum Gasteiger partial charge on any atom is -0.494 e. The van der Waals surface area contributed by atoms with Crippen LogP contribution >= 0.6 is 0 Å². The maximum Gasteiger partial charge on any atom is 0.254 e. The van der Waals surface area contributed by atoms with Crippen LogP contribution in [0, 0.1) is 6.92 Å². The van der Waals surface area contributed by atoms with Crippen LogP contribution in [-0.2, 0) is 32.2 Å². The number of H-pyrrole nitrogens is 1. The highest BCUT2D eigenvalue weighted by Gasteiger charge is 2.38. The van der Waals surface area contributed by atoms with Crippen molar-refractivity contribution in [1.82, 2.24) is 14.9 Å². The molecule has 5 rings (SSSR count). The van der Waals surface area contributed by atoms with Crippen molar-refractivity contribution in [3.63, 3.8) is 0 Å². The van der Waals surface area contributed by atoms with Gasteiger partial charge in [-0.15, -0.1) is 0 Å². The van der Waals surface area contributed by atoms with Crippen molar-refractivity contribution in [2.45, 2.75) is 77.4 Å². The third kappa shape index (κ3) is 3.06. The minimum atomic E-state index is 0.0579. The van der Waals surface area contributed by atoms with Crippen LogP contribution in [0.25, 0.3) is 0 Å². The molecule has 3 aliphatic rings. The van der Waals surface area contributed by atoms with Gasteiger partial charge in [0.2, 0.25) is 0 Å². The van der Waals surface area contributed by atoms with E-state index in [1.807, 2.05) is 6.92 Å². The molecule has 1 saturated heterocycles. The van der Waals surface area contributed by atoms with Crippen LogP contribution in [0.4, 0.5) is 0 Å². The SMILES string of the molecule is CCOc1cc2c(cc1CN1C3CCC1Cc1c(nc(C)[nH]c1=O)C3)CCC2. The maximum atomic E-state index is 12.5. The first-order valence-corrected chi connectivity index (χ1v) is 10.7. The standard InChI is InChI=1S/C23H29N3O2/c1-3-28-22-10-16-6-4-5-15(16)9-17(22)13-26-18-7-8-19(26)12-21-20(11-18)23(27)25-14(2)24-21/h9-10,18-19H,3-8,11-13H2,1-2H3,(H,24,25,27). The van der Waals surface area contributed by atoms with Crippen molar-refractivity contribution in [2.24, 2.45) is 0 Å². The number of benzene rings is 1. The second-order valence-corrected chi connectivity index (χ2v) is 8.56. The number of nitrogens with one attached hydrogen (secondary N) is 1. The zero-order chi connectivity index (χ0) is 19.3. The highest BCUT2D eigenvalue weighted by Crippen LogP contribution is 2.37. The predicted molar refractivity (Wildman–Crippen MR) is 109 cm³/mol. The average Bonchev–Trinajstić information content (AvgIpc) is 3.20. The molecule has 3 heterocycles. The number of ether oxygens (including phenoxy) is 1. The Labute approximate surface area is 166 Å². The molecule has 2 aliphatic heterocycles. The van der Waals surface area contributed by atoms with Gasteiger partial charge in [0.05, 0.1) is 12.3 Å². The summed E-state index contributed by atoms with van der Waals surface area (Å²) in [6.45, 7) is 5.54. The van der Waals surface area contributed by atoms with Gasteiger partial charge < -0.3 is 9.72 Å². The summed E-state index contributed by atoms with van der Waals surface area (Å²) in [5.41, 5.74) is 6.24. The fraction of sp³-hybridized carbons (Fsp3) is 0.565. The number of hydrogen-bond donors (Lipinski definition) is 1. The Morgan fingerprint density at radius 2 is 1.93 bits per heavy atom. The molecule has 1 aliphatic carbocycles. The van der Waals surface area contributed by atoms with Crippen LogP contribution in [0.2, 0.25) is 0 Å². The Bertz CT molecular complexity index is 965. The predicted octanol–water partition coefficient (Wildman–Crippen LogP) is 3.10. The summed E-state index contributed by atoms with van der Waals surface area (Å²) in [6.07, 6.45) is 7.65. The van der Waals surface area contributed by atoms with E-state index in [4.69, 9.17) is 4.74 Å². The van der Waals surface area contributed by atoms with Gasteiger partial charge in [-0.3, -0.25) is 9.69 Å². The van der Waals surface area contributed by atoms with E-state index in [0.29, 0.717) is 18.7 Å². The Kier molecular flexibility index (Phi) is 4.50. The van der Waals surface area contributed by atoms with E-state index in [9.17, 15) is 4.79 Å². The molecule has 1 aromatic heterocycles. The molecule has 1 aromatic carbocycles. The van der Waals surface area contributed by atoms with Crippen LogP contribution in [0.15, 0.2) is 16.9 Å². The van der Waals surface area contributed by atoms with Gasteiger partial charge in [-0.1, -0.05) is 6.07 Å². The molecule has 1 N–H and O–H groups in total. The monoisotopic (exact) mass is 379 g/mol. The summed E-state index contributed by atoms with van der Waals surface area (Å²) in [5, 5.41) is 0. The van der Waals surface area contributed by atoms with Gasteiger partial charge in [-0.05, 0) is 69.6 Å². The van der Waals surface area contributed by atoms with Crippen LogP contribution in [0.5, 0.6) is 5.75 Å². The number of hydrogen-bond acceptors (Lipinski definition) is 4. The zero-order valence-corrected chi connectivity index (χ0v) is 16.9. The molecule has 1 fully saturated rings. The highest BCUT2D eigenvalue weighted by atomic mass is 16.5. The lowest BCUT2D eigenvalue weighted by molar-refractivity contribution is 0.184. The largest absolute Gasteiger partial charge is 0.494 e. The zero-order valence-electron chi connectivity index (χ0n) is 16.9. The summed E-state index contributed by atoms with van der Waals surface area (Å²) in [6, 6.07) is 5.55. The summed E-state index contributed by atoms with van der Waals surface area (Å²) in [5.74, 6) is 1.78. The summed E-state index contributed by atoms with van der Waals surface area (Å²) in [7, 11) is 0. The second-order valence-electron chi connectivity index (χ2n) is 8.56. The van der Waals surface area contributed by atoms with E-state index < -0.39 is 0 Å². The molecule has 5 nitrogen and oxygen atoms in total. The number of aromatic amines is 1. The van der Waals surface area contributed by atoms with Crippen LogP contribution in [-0.4, -0.2) is 33.6 Å². The molecule has 148 valence electrons. The number of rotatable bonds is 4. The van der Waals surface area contributed by atoms with Crippen molar-refractivity contribution in [1.29, 1.82) is 0 Å². The van der Waals surface area contributed by atoms with Gasteiger partial charge in [-0.25, -0.2) is 4.98 Å². The molecule has 0 saturated carbocycles. The van der Waals surface area contributed by atoms with E-state index in [1.54, 1.807) is 0 Å². The molecule has 0 radical (unpaired) electrons. The quantitative estimate of drug-likeness (QED) is 0.887.